The summed E-state index contributed by atoms with van der Waals surface area (Å²) in [5.41, 5.74) is 0. The van der Waals surface area contributed by atoms with Gasteiger partial charge in [-0.2, -0.15) is 0 Å². The van der Waals surface area contributed by atoms with E-state index in [2.05, 4.69) is 74.3 Å². The lowest BCUT2D eigenvalue weighted by Gasteiger charge is -2.14. The SMILES string of the molecule is CCCCCCCCCCCCCCCCCCSc1c[c]cc(SCCCCCCCCCCCCCCCCCC)c1SCCCCCCCCCCCCCCCCCC. The Morgan fingerprint density at radius 2 is 0.413 bits per heavy atom. The van der Waals surface area contributed by atoms with Crippen LogP contribution in [-0.4, -0.2) is 17.3 Å². The van der Waals surface area contributed by atoms with Crippen LogP contribution in [0.5, 0.6) is 0 Å². The summed E-state index contributed by atoms with van der Waals surface area (Å²) in [6.45, 7) is 6.95. The van der Waals surface area contributed by atoms with Crippen LogP contribution < -0.4 is 0 Å². The van der Waals surface area contributed by atoms with Crippen molar-refractivity contribution in [2.75, 3.05) is 17.3 Å². The van der Waals surface area contributed by atoms with E-state index in [9.17, 15) is 0 Å². The molecule has 371 valence electrons. The fourth-order valence-electron chi connectivity index (χ4n) is 9.29. The van der Waals surface area contributed by atoms with Crippen molar-refractivity contribution in [1.82, 2.24) is 0 Å². The van der Waals surface area contributed by atoms with Crippen LogP contribution in [0.1, 0.15) is 329 Å². The van der Waals surface area contributed by atoms with Crippen molar-refractivity contribution in [3.8, 4) is 0 Å². The molecule has 1 rings (SSSR count). The lowest BCUT2D eigenvalue weighted by atomic mass is 10.0. The molecule has 0 saturated carbocycles. The average molecular weight is 931 g/mol. The van der Waals surface area contributed by atoms with E-state index in [1.165, 1.54) is 335 Å². The van der Waals surface area contributed by atoms with E-state index in [1.807, 2.05) is 0 Å². The predicted octanol–water partition coefficient (Wildman–Crippen LogP) is 23.5. The molecule has 1 aromatic rings. The summed E-state index contributed by atoms with van der Waals surface area (Å²) in [6.07, 6.45) is 69.4. The Kier molecular flexibility index (Phi) is 51.8. The molecule has 0 bridgehead atoms. The monoisotopic (exact) mass is 930 g/mol. The van der Waals surface area contributed by atoms with Crippen molar-refractivity contribution in [3.63, 3.8) is 0 Å². The maximum Gasteiger partial charge on any atom is 0.0345 e. The van der Waals surface area contributed by atoms with Gasteiger partial charge in [0.05, 0.1) is 0 Å². The first-order valence-electron chi connectivity index (χ1n) is 29.3. The van der Waals surface area contributed by atoms with Gasteiger partial charge in [0, 0.05) is 14.7 Å². The van der Waals surface area contributed by atoms with Crippen molar-refractivity contribution in [1.29, 1.82) is 0 Å². The molecule has 3 heteroatoms. The summed E-state index contributed by atoms with van der Waals surface area (Å²) >= 11 is 6.45. The van der Waals surface area contributed by atoms with Gasteiger partial charge in [0.1, 0.15) is 0 Å². The molecule has 0 heterocycles. The minimum absolute atomic E-state index is 1.27. The van der Waals surface area contributed by atoms with Crippen LogP contribution in [0.3, 0.4) is 0 Å². The molecular weight excluding hydrogens is 817 g/mol. The molecular formula is C60H113S3. The maximum atomic E-state index is 3.59. The zero-order valence-corrected chi connectivity index (χ0v) is 45.9. The Balaban J connectivity index is 2.29. The number of thioether (sulfide) groups is 3. The summed E-state index contributed by atoms with van der Waals surface area (Å²) in [5, 5.41) is 0. The first-order valence-corrected chi connectivity index (χ1v) is 32.2. The van der Waals surface area contributed by atoms with E-state index in [0.29, 0.717) is 0 Å². The Hall–Kier alpha value is 0.270. The molecule has 1 radical (unpaired) electrons. The standard InChI is InChI=1S/C60H113S3/c1-4-7-10-13-16-19-22-25-28-31-34-37-40-43-46-49-55-61-58-53-52-54-59(62-56-50-47-44-41-38-35-32-29-26-23-20-17-14-11-8-5-2)60(58)63-57-51-48-45-42-39-36-33-30-27-24-21-18-15-12-9-6-3/h53-54H,4-51,55-57H2,1-3H3. The topological polar surface area (TPSA) is 0 Å². The molecule has 0 amide bonds. The van der Waals surface area contributed by atoms with Crippen LogP contribution in [-0.2, 0) is 0 Å². The molecule has 0 atom stereocenters. The van der Waals surface area contributed by atoms with E-state index < -0.39 is 0 Å². The summed E-state index contributed by atoms with van der Waals surface area (Å²) in [7, 11) is 0. The van der Waals surface area contributed by atoms with E-state index in [0.717, 1.165) is 0 Å². The molecule has 0 aliphatic heterocycles. The van der Waals surface area contributed by atoms with Gasteiger partial charge in [-0.3, -0.25) is 0 Å². The quantitative estimate of drug-likeness (QED) is 0.0472. The zero-order valence-electron chi connectivity index (χ0n) is 43.4. The molecule has 0 aliphatic rings. The largest absolute Gasteiger partial charge is 0.125 e. The minimum atomic E-state index is 1.27. The highest BCUT2D eigenvalue weighted by Gasteiger charge is 2.11. The third-order valence-electron chi connectivity index (χ3n) is 13.6. The second-order valence-corrected chi connectivity index (χ2v) is 23.3. The molecule has 0 aliphatic carbocycles. The number of rotatable bonds is 54. The number of benzene rings is 1. The van der Waals surface area contributed by atoms with Crippen molar-refractivity contribution < 1.29 is 0 Å². The van der Waals surface area contributed by atoms with Gasteiger partial charge in [-0.15, -0.1) is 35.3 Å². The van der Waals surface area contributed by atoms with Crippen molar-refractivity contribution >= 4 is 35.3 Å². The molecule has 0 saturated heterocycles. The molecule has 0 aromatic heterocycles. The minimum Gasteiger partial charge on any atom is -0.125 e. The van der Waals surface area contributed by atoms with E-state index in [4.69, 9.17) is 0 Å². The highest BCUT2D eigenvalue weighted by atomic mass is 32.2. The van der Waals surface area contributed by atoms with Crippen LogP contribution in [0, 0.1) is 6.07 Å². The second-order valence-electron chi connectivity index (χ2n) is 20.0. The van der Waals surface area contributed by atoms with Gasteiger partial charge in [0.15, 0.2) is 0 Å². The van der Waals surface area contributed by atoms with Gasteiger partial charge in [0.25, 0.3) is 0 Å². The summed E-state index contributed by atoms with van der Waals surface area (Å²) in [4.78, 5) is 4.64. The zero-order chi connectivity index (χ0) is 45.0. The maximum absolute atomic E-state index is 3.59. The van der Waals surface area contributed by atoms with Crippen LogP contribution in [0.15, 0.2) is 26.8 Å². The van der Waals surface area contributed by atoms with Crippen LogP contribution >= 0.6 is 35.3 Å². The van der Waals surface area contributed by atoms with Gasteiger partial charge < -0.3 is 0 Å². The first kappa shape index (κ1) is 61.3. The fraction of sp³-hybridized carbons (Fsp3) is 0.900. The predicted molar refractivity (Wildman–Crippen MR) is 296 cm³/mol. The smallest absolute Gasteiger partial charge is 0.0345 e. The van der Waals surface area contributed by atoms with Gasteiger partial charge >= 0.3 is 0 Å². The molecule has 0 unspecified atom stereocenters. The molecule has 0 nitrogen and oxygen atoms in total. The normalized spacial score (nSPS) is 11.7. The number of hydrogen-bond acceptors (Lipinski definition) is 3. The van der Waals surface area contributed by atoms with E-state index in [1.54, 1.807) is 4.90 Å². The summed E-state index contributed by atoms with van der Waals surface area (Å²) in [6, 6.07) is 8.24. The second kappa shape index (κ2) is 53.2. The third kappa shape index (κ3) is 44.5. The summed E-state index contributed by atoms with van der Waals surface area (Å²) < 4.78 is 0. The Morgan fingerprint density at radius 3 is 0.619 bits per heavy atom. The van der Waals surface area contributed by atoms with E-state index >= 15 is 0 Å². The molecule has 0 spiro atoms. The highest BCUT2D eigenvalue weighted by Crippen LogP contribution is 2.40. The molecule has 63 heavy (non-hydrogen) atoms. The molecule has 0 fully saturated rings. The molecule has 1 aromatic carbocycles. The highest BCUT2D eigenvalue weighted by molar-refractivity contribution is 8.03. The Labute approximate surface area is 412 Å². The summed E-state index contributed by atoms with van der Waals surface area (Å²) in [5.74, 6) is 3.82. The first-order chi connectivity index (χ1) is 31.3. The average Bonchev–Trinajstić information content (AvgIpc) is 3.30. The van der Waals surface area contributed by atoms with Crippen LogP contribution in [0.25, 0.3) is 0 Å². The van der Waals surface area contributed by atoms with Crippen molar-refractivity contribution in [2.45, 2.75) is 344 Å². The lowest BCUT2D eigenvalue weighted by Crippen LogP contribution is -1.91. The Morgan fingerprint density at radius 1 is 0.238 bits per heavy atom. The van der Waals surface area contributed by atoms with Crippen LogP contribution in [0.4, 0.5) is 0 Å². The van der Waals surface area contributed by atoms with E-state index in [-0.39, 0.29) is 0 Å². The Bertz CT molecular complexity index is 935. The number of unbranched alkanes of at least 4 members (excludes halogenated alkanes) is 45. The van der Waals surface area contributed by atoms with Gasteiger partial charge in [-0.1, -0.05) is 310 Å². The fourth-order valence-corrected chi connectivity index (χ4v) is 12.9. The third-order valence-corrected chi connectivity index (χ3v) is 17.4. The van der Waals surface area contributed by atoms with Crippen molar-refractivity contribution in [3.05, 3.63) is 18.2 Å². The van der Waals surface area contributed by atoms with Gasteiger partial charge in [0.2, 0.25) is 0 Å². The number of hydrogen-bond donors (Lipinski definition) is 0. The van der Waals surface area contributed by atoms with Gasteiger partial charge in [-0.25, -0.2) is 0 Å². The van der Waals surface area contributed by atoms with Crippen molar-refractivity contribution in [2.24, 2.45) is 0 Å². The molecule has 0 N–H and O–H groups in total. The lowest BCUT2D eigenvalue weighted by molar-refractivity contribution is 0.531. The van der Waals surface area contributed by atoms with Crippen LogP contribution in [0.2, 0.25) is 0 Å². The van der Waals surface area contributed by atoms with Gasteiger partial charge in [-0.05, 0) is 54.7 Å².